The number of non-ortho nitro benzene ring substituents is 1. The van der Waals surface area contributed by atoms with Crippen molar-refractivity contribution in [3.8, 4) is 6.07 Å². The highest BCUT2D eigenvalue weighted by molar-refractivity contribution is 6.18. The summed E-state index contributed by atoms with van der Waals surface area (Å²) in [4.78, 5) is 9.95. The third kappa shape index (κ3) is 2.21. The first-order valence-electron chi connectivity index (χ1n) is 3.89. The minimum atomic E-state index is -0.494. The maximum Gasteiger partial charge on any atom is 0.269 e. The Labute approximate surface area is 85.9 Å². The van der Waals surface area contributed by atoms with Crippen molar-refractivity contribution in [3.63, 3.8) is 0 Å². The highest BCUT2D eigenvalue weighted by Gasteiger charge is 2.12. The number of nitro benzene ring substituents is 1. The fraction of sp³-hybridized carbons (Fsp3) is 0.222. The Morgan fingerprint density at radius 2 is 2.36 bits per heavy atom. The molecule has 14 heavy (non-hydrogen) atoms. The number of hydrogen-bond acceptors (Lipinski definition) is 3. The first-order valence-corrected chi connectivity index (χ1v) is 4.42. The van der Waals surface area contributed by atoms with Crippen LogP contribution in [0.2, 0.25) is 0 Å². The Morgan fingerprint density at radius 3 is 2.86 bits per heavy atom. The van der Waals surface area contributed by atoms with Crippen molar-refractivity contribution in [1.82, 2.24) is 0 Å². The molecule has 0 saturated carbocycles. The fourth-order valence-corrected chi connectivity index (χ4v) is 1.30. The molecule has 0 aliphatic heterocycles. The minimum absolute atomic E-state index is 0.0205. The number of alkyl halides is 1. The van der Waals surface area contributed by atoms with Gasteiger partial charge in [-0.05, 0) is 5.56 Å². The number of nitrogens with zero attached hydrogens (tertiary/aromatic N) is 2. The molecule has 1 unspecified atom stereocenters. The van der Waals surface area contributed by atoms with E-state index in [1.165, 1.54) is 12.1 Å². The summed E-state index contributed by atoms with van der Waals surface area (Å²) in [6.45, 7) is 0. The number of rotatable bonds is 3. The zero-order valence-corrected chi connectivity index (χ0v) is 7.94. The number of nitriles is 1. The molecule has 1 rings (SSSR count). The van der Waals surface area contributed by atoms with E-state index in [-0.39, 0.29) is 11.6 Å². The van der Waals surface area contributed by atoms with Gasteiger partial charge in [0.1, 0.15) is 0 Å². The van der Waals surface area contributed by atoms with Crippen LogP contribution in [-0.4, -0.2) is 10.8 Å². The second-order valence-corrected chi connectivity index (χ2v) is 3.00. The van der Waals surface area contributed by atoms with Crippen LogP contribution in [0.3, 0.4) is 0 Å². The summed E-state index contributed by atoms with van der Waals surface area (Å²) in [5.74, 6) is -0.353. The molecule has 0 radical (unpaired) electrons. The summed E-state index contributed by atoms with van der Waals surface area (Å²) in [6, 6.07) is 7.93. The molecule has 0 heterocycles. The maximum absolute atomic E-state index is 10.4. The van der Waals surface area contributed by atoms with Gasteiger partial charge in [-0.25, -0.2) is 0 Å². The van der Waals surface area contributed by atoms with Gasteiger partial charge in [-0.2, -0.15) is 5.26 Å². The Balaban J connectivity index is 3.06. The number of hydrogen-bond donors (Lipinski definition) is 0. The van der Waals surface area contributed by atoms with Crippen molar-refractivity contribution in [2.75, 3.05) is 5.88 Å². The van der Waals surface area contributed by atoms with Crippen LogP contribution in [0.5, 0.6) is 0 Å². The molecule has 0 amide bonds. The summed E-state index contributed by atoms with van der Waals surface area (Å²) >= 11 is 5.54. The van der Waals surface area contributed by atoms with E-state index in [1.807, 2.05) is 6.07 Å². The molecule has 72 valence electrons. The van der Waals surface area contributed by atoms with Gasteiger partial charge in [0.05, 0.1) is 16.9 Å². The molecule has 0 aliphatic rings. The van der Waals surface area contributed by atoms with Crippen LogP contribution in [0.15, 0.2) is 24.3 Å². The van der Waals surface area contributed by atoms with Gasteiger partial charge >= 0.3 is 0 Å². The van der Waals surface area contributed by atoms with Crippen molar-refractivity contribution in [2.45, 2.75) is 5.92 Å². The molecule has 0 aliphatic carbocycles. The summed E-state index contributed by atoms with van der Waals surface area (Å²) in [5.41, 5.74) is 0.560. The lowest BCUT2D eigenvalue weighted by Crippen LogP contribution is -1.98. The summed E-state index contributed by atoms with van der Waals surface area (Å²) in [5, 5.41) is 19.1. The Hall–Kier alpha value is -1.60. The van der Waals surface area contributed by atoms with Gasteiger partial charge in [-0.3, -0.25) is 10.1 Å². The van der Waals surface area contributed by atoms with E-state index in [9.17, 15) is 10.1 Å². The van der Waals surface area contributed by atoms with Gasteiger partial charge in [0.15, 0.2) is 0 Å². The number of benzene rings is 1. The van der Waals surface area contributed by atoms with Gasteiger partial charge in [-0.15, -0.1) is 11.6 Å². The topological polar surface area (TPSA) is 66.9 Å². The van der Waals surface area contributed by atoms with E-state index in [2.05, 4.69) is 0 Å². The van der Waals surface area contributed by atoms with Gasteiger partial charge in [0.25, 0.3) is 5.69 Å². The Kier molecular flexibility index (Phi) is 3.43. The Morgan fingerprint density at radius 1 is 1.64 bits per heavy atom. The molecule has 0 spiro atoms. The van der Waals surface area contributed by atoms with Crippen LogP contribution < -0.4 is 0 Å². The first kappa shape index (κ1) is 10.5. The quantitative estimate of drug-likeness (QED) is 0.437. The molecular formula is C9H7ClN2O2. The molecule has 0 N–H and O–H groups in total. The molecule has 0 saturated heterocycles. The molecule has 5 heteroatoms. The molecule has 0 fully saturated rings. The average Bonchev–Trinajstić information content (AvgIpc) is 2.20. The summed E-state index contributed by atoms with van der Waals surface area (Å²) < 4.78 is 0. The van der Waals surface area contributed by atoms with E-state index in [1.54, 1.807) is 12.1 Å². The highest BCUT2D eigenvalue weighted by Crippen LogP contribution is 2.21. The molecule has 0 bridgehead atoms. The van der Waals surface area contributed by atoms with Crippen molar-refractivity contribution in [3.05, 3.63) is 39.9 Å². The lowest BCUT2D eigenvalue weighted by Gasteiger charge is -2.03. The maximum atomic E-state index is 10.4. The molecule has 0 aromatic heterocycles. The zero-order chi connectivity index (χ0) is 10.6. The smallest absolute Gasteiger partial charge is 0.258 e. The molecule has 1 aromatic rings. The summed E-state index contributed by atoms with van der Waals surface area (Å²) in [6.07, 6.45) is 0. The van der Waals surface area contributed by atoms with Crippen LogP contribution in [-0.2, 0) is 0 Å². The van der Waals surface area contributed by atoms with E-state index in [0.29, 0.717) is 5.56 Å². The molecule has 1 aromatic carbocycles. The largest absolute Gasteiger partial charge is 0.269 e. The first-order chi connectivity index (χ1) is 6.69. The molecule has 1 atom stereocenters. The van der Waals surface area contributed by atoms with E-state index < -0.39 is 10.8 Å². The lowest BCUT2D eigenvalue weighted by atomic mass is 10.0. The predicted octanol–water partition coefficient (Wildman–Crippen LogP) is 2.44. The highest BCUT2D eigenvalue weighted by atomic mass is 35.5. The molecular weight excluding hydrogens is 204 g/mol. The second kappa shape index (κ2) is 4.58. The normalized spacial score (nSPS) is 11.7. The van der Waals surface area contributed by atoms with E-state index in [0.717, 1.165) is 0 Å². The third-order valence-electron chi connectivity index (χ3n) is 1.79. The van der Waals surface area contributed by atoms with Crippen LogP contribution in [0.4, 0.5) is 5.69 Å². The fourth-order valence-electron chi connectivity index (χ4n) is 1.05. The second-order valence-electron chi connectivity index (χ2n) is 2.69. The number of halogens is 1. The SMILES string of the molecule is N#CC(CCl)c1cccc([N+](=O)[O-])c1. The number of nitro groups is 1. The average molecular weight is 211 g/mol. The Bertz CT molecular complexity index is 387. The van der Waals surface area contributed by atoms with Gasteiger partial charge < -0.3 is 0 Å². The standard InChI is InChI=1S/C9H7ClN2O2/c10-5-8(6-11)7-2-1-3-9(4-7)12(13)14/h1-4,8H,5H2. The van der Waals surface area contributed by atoms with Crippen LogP contribution in [0, 0.1) is 21.4 Å². The van der Waals surface area contributed by atoms with Gasteiger partial charge in [0.2, 0.25) is 0 Å². The minimum Gasteiger partial charge on any atom is -0.258 e. The summed E-state index contributed by atoms with van der Waals surface area (Å²) in [7, 11) is 0. The predicted molar refractivity (Wildman–Crippen MR) is 52.2 cm³/mol. The monoisotopic (exact) mass is 210 g/mol. The lowest BCUT2D eigenvalue weighted by molar-refractivity contribution is -0.384. The van der Waals surface area contributed by atoms with E-state index >= 15 is 0 Å². The van der Waals surface area contributed by atoms with Gasteiger partial charge in [0, 0.05) is 18.0 Å². The van der Waals surface area contributed by atoms with Crippen molar-refractivity contribution >= 4 is 17.3 Å². The van der Waals surface area contributed by atoms with Crippen LogP contribution >= 0.6 is 11.6 Å². The van der Waals surface area contributed by atoms with Crippen molar-refractivity contribution in [1.29, 1.82) is 5.26 Å². The molecule has 4 nitrogen and oxygen atoms in total. The zero-order valence-electron chi connectivity index (χ0n) is 7.18. The van der Waals surface area contributed by atoms with E-state index in [4.69, 9.17) is 16.9 Å². The van der Waals surface area contributed by atoms with Crippen molar-refractivity contribution < 1.29 is 4.92 Å². The van der Waals surface area contributed by atoms with Crippen LogP contribution in [0.25, 0.3) is 0 Å². The van der Waals surface area contributed by atoms with Crippen molar-refractivity contribution in [2.24, 2.45) is 0 Å². The van der Waals surface area contributed by atoms with Crippen LogP contribution in [0.1, 0.15) is 11.5 Å². The van der Waals surface area contributed by atoms with Gasteiger partial charge in [-0.1, -0.05) is 12.1 Å². The third-order valence-corrected chi connectivity index (χ3v) is 2.10.